The summed E-state index contributed by atoms with van der Waals surface area (Å²) in [5.41, 5.74) is 5.78. The van der Waals surface area contributed by atoms with E-state index in [1.165, 1.54) is 23.9 Å². The lowest BCUT2D eigenvalue weighted by Gasteiger charge is -2.14. The highest BCUT2D eigenvalue weighted by atomic mass is 32.1. The number of fused-ring (bicyclic) bond motifs is 1. The molecule has 0 aliphatic rings. The SMILES string of the molecule is CCn1ncc(-c2cc(C(F)(F)F)nc3sc(C(N)=O)c(NC(=O)C(C)Cn4nc([N+](=O)[O-])cc4C)c23)c1C. The standard InChI is InChI=1S/C23H23F3N8O4S/c1-5-32-12(4)14(8-28-32)13-7-15(23(24,25)26)29-22-17(13)18(19(39-22)20(27)35)30-21(36)10(2)9-33-11(3)6-16(31-33)34(37)38/h6-8,10H,5,9H2,1-4H3,(H2,27,35)(H,30,36). The van der Waals surface area contributed by atoms with Crippen LogP contribution in [0.3, 0.4) is 0 Å². The van der Waals surface area contributed by atoms with Gasteiger partial charge in [-0.3, -0.25) is 14.3 Å². The molecule has 12 nitrogen and oxygen atoms in total. The van der Waals surface area contributed by atoms with Crippen molar-refractivity contribution in [3.8, 4) is 11.1 Å². The van der Waals surface area contributed by atoms with E-state index in [2.05, 4.69) is 20.5 Å². The maximum atomic E-state index is 13.8. The summed E-state index contributed by atoms with van der Waals surface area (Å²) < 4.78 is 44.2. The maximum Gasteiger partial charge on any atom is 0.433 e. The zero-order valence-electron chi connectivity index (χ0n) is 21.2. The number of amides is 2. The van der Waals surface area contributed by atoms with Gasteiger partial charge in [-0.1, -0.05) is 6.92 Å². The third kappa shape index (κ3) is 5.19. The topological polar surface area (TPSA) is 164 Å². The van der Waals surface area contributed by atoms with E-state index >= 15 is 0 Å². The fourth-order valence-electron chi connectivity index (χ4n) is 4.13. The summed E-state index contributed by atoms with van der Waals surface area (Å²) in [5.74, 6) is -2.75. The number of nitrogens with one attached hydrogen (secondary N) is 1. The number of hydrogen-bond acceptors (Lipinski definition) is 8. The Labute approximate surface area is 222 Å². The molecule has 2 amide bonds. The predicted octanol–water partition coefficient (Wildman–Crippen LogP) is 4.29. The van der Waals surface area contributed by atoms with E-state index in [4.69, 9.17) is 5.73 Å². The Morgan fingerprint density at radius 1 is 1.23 bits per heavy atom. The number of carbonyl (C=O) groups excluding carboxylic acids is 2. The Bertz CT molecular complexity index is 1620. The van der Waals surface area contributed by atoms with Gasteiger partial charge in [0.2, 0.25) is 5.91 Å². The number of aryl methyl sites for hydroxylation is 2. The second-order valence-corrected chi connectivity index (χ2v) is 9.84. The van der Waals surface area contributed by atoms with Gasteiger partial charge in [-0.25, -0.2) is 4.98 Å². The molecular weight excluding hydrogens is 541 g/mol. The number of primary amides is 1. The first-order valence-electron chi connectivity index (χ1n) is 11.6. The van der Waals surface area contributed by atoms with Crippen LogP contribution in [0, 0.1) is 29.9 Å². The van der Waals surface area contributed by atoms with Crippen LogP contribution in [0.1, 0.15) is 40.6 Å². The van der Waals surface area contributed by atoms with Crippen LogP contribution in [0.15, 0.2) is 18.3 Å². The smallest absolute Gasteiger partial charge is 0.365 e. The first-order valence-corrected chi connectivity index (χ1v) is 12.4. The van der Waals surface area contributed by atoms with E-state index < -0.39 is 34.5 Å². The Kier molecular flexibility index (Phi) is 7.16. The van der Waals surface area contributed by atoms with Gasteiger partial charge in [-0.05, 0) is 37.3 Å². The monoisotopic (exact) mass is 564 g/mol. The number of pyridine rings is 1. The number of halogens is 3. The number of anilines is 1. The minimum absolute atomic E-state index is 0.0365. The predicted molar refractivity (Wildman–Crippen MR) is 136 cm³/mol. The first-order chi connectivity index (χ1) is 18.2. The second-order valence-electron chi connectivity index (χ2n) is 8.84. The van der Waals surface area contributed by atoms with E-state index in [0.29, 0.717) is 34.8 Å². The van der Waals surface area contributed by atoms with Crippen LogP contribution in [-0.4, -0.2) is 41.3 Å². The highest BCUT2D eigenvalue weighted by Crippen LogP contribution is 2.44. The molecule has 0 fully saturated rings. The van der Waals surface area contributed by atoms with Crippen molar-refractivity contribution >= 4 is 44.9 Å². The Morgan fingerprint density at radius 2 is 1.92 bits per heavy atom. The van der Waals surface area contributed by atoms with Crippen molar-refractivity contribution in [2.75, 3.05) is 5.32 Å². The van der Waals surface area contributed by atoms with Crippen molar-refractivity contribution in [1.82, 2.24) is 24.5 Å². The van der Waals surface area contributed by atoms with Gasteiger partial charge in [0.1, 0.15) is 15.4 Å². The zero-order valence-corrected chi connectivity index (χ0v) is 22.0. The van der Waals surface area contributed by atoms with Crippen LogP contribution in [0.4, 0.5) is 24.7 Å². The summed E-state index contributed by atoms with van der Waals surface area (Å²) in [6.07, 6.45) is -3.37. The maximum absolute atomic E-state index is 13.8. The van der Waals surface area contributed by atoms with Gasteiger partial charge >= 0.3 is 12.0 Å². The van der Waals surface area contributed by atoms with E-state index in [1.54, 1.807) is 18.5 Å². The number of alkyl halides is 3. The van der Waals surface area contributed by atoms with Crippen LogP contribution < -0.4 is 11.1 Å². The minimum atomic E-state index is -4.78. The molecule has 16 heteroatoms. The molecule has 39 heavy (non-hydrogen) atoms. The number of carbonyl (C=O) groups is 2. The van der Waals surface area contributed by atoms with Gasteiger partial charge in [0.25, 0.3) is 5.91 Å². The molecule has 206 valence electrons. The summed E-state index contributed by atoms with van der Waals surface area (Å²) in [4.78, 5) is 39.3. The number of thiophene rings is 1. The van der Waals surface area contributed by atoms with Gasteiger partial charge < -0.3 is 21.2 Å². The molecule has 4 aromatic heterocycles. The molecule has 0 spiro atoms. The lowest BCUT2D eigenvalue weighted by atomic mass is 10.0. The molecule has 0 bridgehead atoms. The molecule has 3 N–H and O–H groups in total. The Balaban J connectivity index is 1.83. The van der Waals surface area contributed by atoms with Crippen molar-refractivity contribution < 1.29 is 27.7 Å². The van der Waals surface area contributed by atoms with E-state index in [-0.39, 0.29) is 38.7 Å². The van der Waals surface area contributed by atoms with Gasteiger partial charge in [-0.15, -0.1) is 11.3 Å². The largest absolute Gasteiger partial charge is 0.433 e. The van der Waals surface area contributed by atoms with Crippen molar-refractivity contribution in [3.63, 3.8) is 0 Å². The molecule has 1 unspecified atom stereocenters. The molecule has 4 heterocycles. The number of aromatic nitrogens is 5. The number of nitrogens with zero attached hydrogens (tertiary/aromatic N) is 6. The fraction of sp³-hybridized carbons (Fsp3) is 0.348. The third-order valence-electron chi connectivity index (χ3n) is 6.17. The normalized spacial score (nSPS) is 12.6. The summed E-state index contributed by atoms with van der Waals surface area (Å²) in [6.45, 7) is 7.08. The molecule has 0 aliphatic carbocycles. The van der Waals surface area contributed by atoms with Crippen LogP contribution in [0.25, 0.3) is 21.3 Å². The lowest BCUT2D eigenvalue weighted by molar-refractivity contribution is -0.389. The molecule has 0 aliphatic heterocycles. The Morgan fingerprint density at radius 3 is 2.46 bits per heavy atom. The minimum Gasteiger partial charge on any atom is -0.365 e. The van der Waals surface area contributed by atoms with Gasteiger partial charge in [-0.2, -0.15) is 23.0 Å². The third-order valence-corrected chi connectivity index (χ3v) is 7.27. The first kappa shape index (κ1) is 27.7. The summed E-state index contributed by atoms with van der Waals surface area (Å²) in [7, 11) is 0. The number of nitrogens with two attached hydrogens (primary N) is 1. The van der Waals surface area contributed by atoms with Crippen LogP contribution in [-0.2, 0) is 24.1 Å². The average molecular weight is 565 g/mol. The Hall–Kier alpha value is -4.34. The highest BCUT2D eigenvalue weighted by Gasteiger charge is 2.36. The van der Waals surface area contributed by atoms with Gasteiger partial charge in [0.15, 0.2) is 0 Å². The van der Waals surface area contributed by atoms with Gasteiger partial charge in [0, 0.05) is 23.2 Å². The molecule has 0 radical (unpaired) electrons. The number of hydrogen-bond donors (Lipinski definition) is 2. The highest BCUT2D eigenvalue weighted by molar-refractivity contribution is 7.21. The molecule has 1 atom stereocenters. The second kappa shape index (κ2) is 10.1. The molecule has 0 aromatic carbocycles. The van der Waals surface area contributed by atoms with Crippen LogP contribution >= 0.6 is 11.3 Å². The molecule has 4 rings (SSSR count). The van der Waals surface area contributed by atoms with Gasteiger partial charge in [0.05, 0.1) is 41.2 Å². The molecule has 0 saturated heterocycles. The summed E-state index contributed by atoms with van der Waals surface area (Å²) in [5, 5.41) is 21.9. The fourth-order valence-corrected chi connectivity index (χ4v) is 5.14. The van der Waals surface area contributed by atoms with Crippen LogP contribution in [0.2, 0.25) is 0 Å². The van der Waals surface area contributed by atoms with E-state index in [1.807, 2.05) is 6.92 Å². The molecule has 4 aromatic rings. The summed E-state index contributed by atoms with van der Waals surface area (Å²) >= 11 is 0.636. The van der Waals surface area contributed by atoms with E-state index in [9.17, 15) is 32.9 Å². The number of nitro groups is 1. The molecule has 0 saturated carbocycles. The van der Waals surface area contributed by atoms with Crippen molar-refractivity contribution in [2.24, 2.45) is 11.7 Å². The average Bonchev–Trinajstić information content (AvgIpc) is 3.53. The zero-order chi connectivity index (χ0) is 28.8. The van der Waals surface area contributed by atoms with Crippen molar-refractivity contribution in [2.45, 2.75) is 47.0 Å². The van der Waals surface area contributed by atoms with E-state index in [0.717, 1.165) is 6.07 Å². The van der Waals surface area contributed by atoms with Crippen molar-refractivity contribution in [1.29, 1.82) is 0 Å². The van der Waals surface area contributed by atoms with Crippen molar-refractivity contribution in [3.05, 3.63) is 50.4 Å². The summed E-state index contributed by atoms with van der Waals surface area (Å²) in [6, 6.07) is 2.12. The quantitative estimate of drug-likeness (QED) is 0.238. The number of rotatable bonds is 8. The van der Waals surface area contributed by atoms with Crippen LogP contribution in [0.5, 0.6) is 0 Å². The lowest BCUT2D eigenvalue weighted by Crippen LogP contribution is -2.26. The molecular formula is C23H23F3N8O4S.